The van der Waals surface area contributed by atoms with E-state index in [9.17, 15) is 0 Å². The van der Waals surface area contributed by atoms with E-state index >= 15 is 4.39 Å². The minimum absolute atomic E-state index is 0.193. The van der Waals surface area contributed by atoms with E-state index in [1.165, 1.54) is 77.9 Å². The molecule has 0 N–H and O–H groups in total. The lowest BCUT2D eigenvalue weighted by Gasteiger charge is -2.38. The normalized spacial score (nSPS) is 15.9. The lowest BCUT2D eigenvalue weighted by atomic mass is 9.73. The Morgan fingerprint density at radius 3 is 1.47 bits per heavy atom. The summed E-state index contributed by atoms with van der Waals surface area (Å²) in [6.07, 6.45) is 0. The minimum Gasteiger partial charge on any atom is -0.310 e. The van der Waals surface area contributed by atoms with Gasteiger partial charge in [0.15, 0.2) is 0 Å². The van der Waals surface area contributed by atoms with Gasteiger partial charge in [0.1, 0.15) is 5.82 Å². The smallest absolute Gasteiger partial charge is 0.125 e. The van der Waals surface area contributed by atoms with Gasteiger partial charge >= 0.3 is 0 Å². The summed E-state index contributed by atoms with van der Waals surface area (Å²) in [6, 6.07) is 51.8. The van der Waals surface area contributed by atoms with Crippen LogP contribution in [-0.2, 0) is 16.2 Å². The van der Waals surface area contributed by atoms with E-state index in [4.69, 9.17) is 0 Å². The number of anilines is 3. The highest BCUT2D eigenvalue weighted by atomic mass is 19.1. The molecule has 0 fully saturated rings. The van der Waals surface area contributed by atoms with Gasteiger partial charge in [-0.2, -0.15) is 0 Å². The van der Waals surface area contributed by atoms with Crippen molar-refractivity contribution in [2.75, 3.05) is 4.90 Å². The summed E-state index contributed by atoms with van der Waals surface area (Å²) in [7, 11) is 0. The molecule has 0 atom stereocenters. The van der Waals surface area contributed by atoms with Crippen molar-refractivity contribution in [3.8, 4) is 44.5 Å². The predicted octanol–water partition coefficient (Wildman–Crippen LogP) is 13.9. The van der Waals surface area contributed by atoms with Crippen molar-refractivity contribution in [3.63, 3.8) is 0 Å². The number of nitrogens with zero attached hydrogens (tertiary/aromatic N) is 1. The van der Waals surface area contributed by atoms with E-state index in [2.05, 4.69) is 174 Å². The molecule has 0 saturated heterocycles. The number of halogens is 1. The fraction of sp³-hybridized carbons (Fsp3) is 0.176. The number of hydrogen-bond donors (Lipinski definition) is 0. The Hall–Kier alpha value is -5.73. The molecule has 1 nitrogen and oxygen atoms in total. The van der Waals surface area contributed by atoms with Crippen molar-refractivity contribution in [1.29, 1.82) is 0 Å². The molecule has 258 valence electrons. The minimum atomic E-state index is -0.359. The van der Waals surface area contributed by atoms with E-state index in [0.717, 1.165) is 17.1 Å². The molecule has 0 radical (unpaired) electrons. The van der Waals surface area contributed by atoms with E-state index in [1.54, 1.807) is 12.1 Å². The summed E-state index contributed by atoms with van der Waals surface area (Å²) in [6.45, 7) is 14.2. The largest absolute Gasteiger partial charge is 0.310 e. The third-order valence-electron chi connectivity index (χ3n) is 12.6. The van der Waals surface area contributed by atoms with Gasteiger partial charge in [-0.15, -0.1) is 0 Å². The van der Waals surface area contributed by atoms with Crippen molar-refractivity contribution in [2.24, 2.45) is 0 Å². The molecule has 3 aliphatic rings. The van der Waals surface area contributed by atoms with Crippen LogP contribution in [0.5, 0.6) is 0 Å². The van der Waals surface area contributed by atoms with Crippen molar-refractivity contribution >= 4 is 17.1 Å². The van der Waals surface area contributed by atoms with Gasteiger partial charge in [0.2, 0.25) is 0 Å². The molecule has 7 aromatic rings. The Morgan fingerprint density at radius 1 is 0.396 bits per heavy atom. The highest BCUT2D eigenvalue weighted by molar-refractivity contribution is 6.09. The van der Waals surface area contributed by atoms with Crippen molar-refractivity contribution in [2.45, 2.75) is 57.8 Å². The van der Waals surface area contributed by atoms with Crippen LogP contribution in [0, 0.1) is 5.82 Å². The Bertz CT molecular complexity index is 2570. The van der Waals surface area contributed by atoms with Crippen LogP contribution in [0.2, 0.25) is 0 Å². The summed E-state index contributed by atoms with van der Waals surface area (Å²) in [5, 5.41) is 0. The Morgan fingerprint density at radius 2 is 0.887 bits per heavy atom. The maximum Gasteiger partial charge on any atom is 0.125 e. The second-order valence-corrected chi connectivity index (χ2v) is 16.6. The van der Waals surface area contributed by atoms with Crippen LogP contribution >= 0.6 is 0 Å². The van der Waals surface area contributed by atoms with Crippen LogP contribution in [-0.4, -0.2) is 0 Å². The van der Waals surface area contributed by atoms with Gasteiger partial charge in [0.25, 0.3) is 0 Å². The summed E-state index contributed by atoms with van der Waals surface area (Å²) < 4.78 is 15.6. The Kier molecular flexibility index (Phi) is 6.57. The van der Waals surface area contributed by atoms with E-state index in [-0.39, 0.29) is 22.1 Å². The summed E-state index contributed by atoms with van der Waals surface area (Å²) in [5.41, 5.74) is 20.0. The van der Waals surface area contributed by atoms with Gasteiger partial charge in [0.05, 0.1) is 5.69 Å². The molecule has 0 spiro atoms. The number of hydrogen-bond acceptors (Lipinski definition) is 1. The van der Waals surface area contributed by atoms with Crippen LogP contribution in [0.3, 0.4) is 0 Å². The zero-order valence-electron chi connectivity index (χ0n) is 31.2. The lowest BCUT2D eigenvalue weighted by Crippen LogP contribution is -2.26. The molecule has 0 bridgehead atoms. The van der Waals surface area contributed by atoms with Crippen LogP contribution in [0.15, 0.2) is 146 Å². The highest BCUT2D eigenvalue weighted by Crippen LogP contribution is 2.66. The molecule has 0 unspecified atom stereocenters. The van der Waals surface area contributed by atoms with E-state index in [1.807, 2.05) is 6.07 Å². The summed E-state index contributed by atoms with van der Waals surface area (Å²) >= 11 is 0. The van der Waals surface area contributed by atoms with Gasteiger partial charge in [-0.25, -0.2) is 4.39 Å². The molecule has 10 rings (SSSR count). The third kappa shape index (κ3) is 4.24. The molecular formula is C51H42FN. The molecule has 7 aromatic carbocycles. The zero-order valence-corrected chi connectivity index (χ0v) is 31.2. The predicted molar refractivity (Wildman–Crippen MR) is 219 cm³/mol. The first-order valence-electron chi connectivity index (χ1n) is 18.8. The molecule has 0 saturated carbocycles. The van der Waals surface area contributed by atoms with Crippen molar-refractivity contribution in [3.05, 3.63) is 185 Å². The molecule has 0 amide bonds. The van der Waals surface area contributed by atoms with E-state index < -0.39 is 0 Å². The molecule has 2 heteroatoms. The second kappa shape index (κ2) is 10.9. The molecular weight excluding hydrogens is 646 g/mol. The quantitative estimate of drug-likeness (QED) is 0.178. The molecule has 0 aromatic heterocycles. The van der Waals surface area contributed by atoms with Crippen molar-refractivity contribution < 1.29 is 4.39 Å². The topological polar surface area (TPSA) is 3.24 Å². The monoisotopic (exact) mass is 687 g/mol. The number of benzene rings is 7. The van der Waals surface area contributed by atoms with Crippen LogP contribution in [0.1, 0.15) is 74.9 Å². The van der Waals surface area contributed by atoms with Gasteiger partial charge in [-0.05, 0) is 108 Å². The van der Waals surface area contributed by atoms with Gasteiger partial charge in [0, 0.05) is 27.6 Å². The fourth-order valence-corrected chi connectivity index (χ4v) is 10.2. The summed E-state index contributed by atoms with van der Waals surface area (Å²) in [5.74, 6) is -0.249. The van der Waals surface area contributed by atoms with Gasteiger partial charge < -0.3 is 4.90 Å². The zero-order chi connectivity index (χ0) is 36.4. The molecule has 0 aliphatic heterocycles. The fourth-order valence-electron chi connectivity index (χ4n) is 10.2. The third-order valence-corrected chi connectivity index (χ3v) is 12.6. The molecule has 0 heterocycles. The van der Waals surface area contributed by atoms with Gasteiger partial charge in [-0.1, -0.05) is 157 Å². The highest BCUT2D eigenvalue weighted by Gasteiger charge is 2.49. The lowest BCUT2D eigenvalue weighted by molar-refractivity contribution is 0.627. The maximum absolute atomic E-state index is 15.6. The van der Waals surface area contributed by atoms with Gasteiger partial charge in [-0.3, -0.25) is 0 Å². The molecule has 3 aliphatic carbocycles. The summed E-state index contributed by atoms with van der Waals surface area (Å²) in [4.78, 5) is 2.40. The van der Waals surface area contributed by atoms with Crippen LogP contribution in [0.25, 0.3) is 44.5 Å². The average Bonchev–Trinajstić information content (AvgIpc) is 3.65. The standard InChI is InChI=1S/C51H42FN/c1-49(2)39-24-13-10-21-35(39)36-28-27-34(30-42(36)49)53(33-20-16-19-32(52)29-33)48-46-44(37-22-11-14-25-40(37)50(46,3)4)43(31-17-8-7-9-18-31)45-38-23-12-15-26-41(38)51(5,6)47(45)48/h7-30H,1-6H3. The van der Waals surface area contributed by atoms with E-state index in [0.29, 0.717) is 0 Å². The first kappa shape index (κ1) is 32.0. The Labute approximate surface area is 312 Å². The van der Waals surface area contributed by atoms with Crippen LogP contribution < -0.4 is 4.90 Å². The second-order valence-electron chi connectivity index (χ2n) is 16.6. The Balaban J connectivity index is 1.40. The SMILES string of the molecule is CC1(C)c2ccccc2-c2ccc(N(c3cccc(F)c3)c3c4c(c(-c5ccccc5)c5c3C(C)(C)c3ccccc3-5)-c3ccccc3C4(C)C)cc21. The first-order valence-corrected chi connectivity index (χ1v) is 18.8. The first-order chi connectivity index (χ1) is 25.5. The average molecular weight is 688 g/mol. The number of fused-ring (bicyclic) bond motifs is 9. The maximum atomic E-state index is 15.6. The number of rotatable bonds is 4. The van der Waals surface area contributed by atoms with Crippen molar-refractivity contribution in [1.82, 2.24) is 0 Å². The van der Waals surface area contributed by atoms with Crippen LogP contribution in [0.4, 0.5) is 21.5 Å². The molecule has 53 heavy (non-hydrogen) atoms.